The van der Waals surface area contributed by atoms with Crippen LogP contribution in [0.4, 0.5) is 0 Å². The quantitative estimate of drug-likeness (QED) is 0.0355. The van der Waals surface area contributed by atoms with Crippen molar-refractivity contribution in [2.75, 3.05) is 60.4 Å². The largest absolute Gasteiger partial charge is 0.355 e. The number of nitrogens with one attached hydrogen (secondary N) is 11. The minimum Gasteiger partial charge on any atom is -0.355 e. The van der Waals surface area contributed by atoms with Crippen LogP contribution in [0.5, 0.6) is 0 Å². The van der Waals surface area contributed by atoms with Crippen molar-refractivity contribution in [1.82, 2.24) is 58.5 Å². The van der Waals surface area contributed by atoms with E-state index in [1.54, 1.807) is 0 Å². The first-order valence-corrected chi connectivity index (χ1v) is 21.9. The molecule has 1 heterocycles. The lowest BCUT2D eigenvalue weighted by Gasteiger charge is -2.28. The van der Waals surface area contributed by atoms with Crippen LogP contribution in [0.2, 0.25) is 0 Å². The molecule has 0 aromatic heterocycles. The number of hydrogen-bond acceptors (Lipinski definition) is 12. The molecule has 19 nitrogen and oxygen atoms in total. The van der Waals surface area contributed by atoms with Gasteiger partial charge in [-0.1, -0.05) is 13.8 Å². The minimum absolute atomic E-state index is 0.00166. The van der Waals surface area contributed by atoms with Crippen LogP contribution in [-0.2, 0) is 38.4 Å². The van der Waals surface area contributed by atoms with Gasteiger partial charge in [-0.15, -0.1) is 0 Å². The number of ketones is 1. The van der Waals surface area contributed by atoms with E-state index >= 15 is 0 Å². The maximum atomic E-state index is 14.1. The molecule has 0 aromatic carbocycles. The molecule has 6 atom stereocenters. The SMILES string of the molecule is CNCCCC[C@@H]1NC(=O)[C@@H](C)NC(=O)[C@H](CCCCNC)NC(=O)[C@@H](CCCCNCC(=O)CC(=O)NCC(C)C)NC(=O)[C@H](CCCCNC)NC(=O)[C@@H](C)NC1=O. The van der Waals surface area contributed by atoms with Crippen LogP contribution in [0, 0.1) is 5.92 Å². The Kier molecular flexibility index (Phi) is 28.4. The molecule has 0 spiro atoms. The summed E-state index contributed by atoms with van der Waals surface area (Å²) in [7, 11) is 5.43. The average Bonchev–Trinajstić information content (AvgIpc) is 3.20. The Morgan fingerprint density at radius 2 is 0.833 bits per heavy atom. The topological polar surface area (TPSA) is 269 Å². The molecule has 0 radical (unpaired) electrons. The van der Waals surface area contributed by atoms with Crippen LogP contribution in [0.3, 0.4) is 0 Å². The van der Waals surface area contributed by atoms with E-state index in [4.69, 9.17) is 0 Å². The lowest BCUT2D eigenvalue weighted by atomic mass is 10.0. The number of amides is 7. The van der Waals surface area contributed by atoms with Crippen molar-refractivity contribution < 1.29 is 38.4 Å². The van der Waals surface area contributed by atoms with Gasteiger partial charge >= 0.3 is 0 Å². The highest BCUT2D eigenvalue weighted by molar-refractivity contribution is 5.99. The third-order valence-corrected chi connectivity index (χ3v) is 10.0. The van der Waals surface area contributed by atoms with Crippen LogP contribution >= 0.6 is 0 Å². The predicted octanol–water partition coefficient (Wildman–Crippen LogP) is -1.39. The first-order valence-electron chi connectivity index (χ1n) is 21.9. The Morgan fingerprint density at radius 1 is 0.500 bits per heavy atom. The lowest BCUT2D eigenvalue weighted by Crippen LogP contribution is -2.60. The molecule has 0 bridgehead atoms. The summed E-state index contributed by atoms with van der Waals surface area (Å²) in [5.74, 6) is -3.90. The molecule has 0 aliphatic carbocycles. The molecular weight excluding hydrogens is 775 g/mol. The van der Waals surface area contributed by atoms with Crippen LogP contribution < -0.4 is 58.5 Å². The summed E-state index contributed by atoms with van der Waals surface area (Å²) in [4.78, 5) is 107. The van der Waals surface area contributed by atoms with E-state index in [-0.39, 0.29) is 56.3 Å². The zero-order valence-corrected chi connectivity index (χ0v) is 37.2. The minimum atomic E-state index is -1.10. The van der Waals surface area contributed by atoms with Gasteiger partial charge in [-0.2, -0.15) is 0 Å². The third-order valence-electron chi connectivity index (χ3n) is 10.0. The number of Topliss-reactive ketones (excluding diaryl/α,β-unsaturated/α-hetero) is 1. The molecule has 0 saturated carbocycles. The van der Waals surface area contributed by atoms with E-state index in [0.29, 0.717) is 77.7 Å². The smallest absolute Gasteiger partial charge is 0.243 e. The van der Waals surface area contributed by atoms with E-state index in [2.05, 4.69) is 58.5 Å². The van der Waals surface area contributed by atoms with Crippen LogP contribution in [-0.4, -0.2) is 144 Å². The number of unbranched alkanes of at least 4 members (excludes halogenated alkanes) is 4. The van der Waals surface area contributed by atoms with E-state index in [1.807, 2.05) is 35.0 Å². The summed E-state index contributed by atoms with van der Waals surface area (Å²) in [6.07, 6.45) is 5.54. The van der Waals surface area contributed by atoms with Gasteiger partial charge in [0.15, 0.2) is 5.78 Å². The molecule has 11 N–H and O–H groups in total. The summed E-state index contributed by atoms with van der Waals surface area (Å²) in [5.41, 5.74) is 0. The second-order valence-electron chi connectivity index (χ2n) is 16.1. The Morgan fingerprint density at radius 3 is 1.18 bits per heavy atom. The molecule has 344 valence electrons. The van der Waals surface area contributed by atoms with E-state index < -0.39 is 71.7 Å². The molecule has 1 saturated heterocycles. The van der Waals surface area contributed by atoms with E-state index in [1.165, 1.54) is 13.8 Å². The standard InChI is InChI=1S/C41H77N11O8/c1-27(2)25-46-35(54)24-30(53)26-45-23-15-11-19-34-41(60)51-32(17-9-13-21-43-6)39(58)48-28(3)36(55)49-31(16-8-12-20-42-5)38(57)47-29(4)37(56)50-33(40(59)52-34)18-10-14-22-44-7/h27-29,31-34,42-45H,8-26H2,1-7H3,(H,46,54)(H,47,57)(H,48,58)(H,49,55)(H,50,56)(H,51,60)(H,52,59)/t28-,29-,31+,32+,33+,34-/m1/s1. The Balaban J connectivity index is 3.36. The number of hydrogen-bond donors (Lipinski definition) is 11. The molecule has 60 heavy (non-hydrogen) atoms. The summed E-state index contributed by atoms with van der Waals surface area (Å²) in [5, 5.41) is 31.5. The van der Waals surface area contributed by atoms with Crippen molar-refractivity contribution in [1.29, 1.82) is 0 Å². The summed E-state index contributed by atoms with van der Waals surface area (Å²) < 4.78 is 0. The summed E-state index contributed by atoms with van der Waals surface area (Å²) in [6.45, 7) is 9.86. The van der Waals surface area contributed by atoms with Crippen LogP contribution in [0.1, 0.15) is 111 Å². The zero-order valence-electron chi connectivity index (χ0n) is 37.2. The van der Waals surface area contributed by atoms with Gasteiger partial charge in [-0.05, 0) is 144 Å². The molecule has 19 heteroatoms. The summed E-state index contributed by atoms with van der Waals surface area (Å²) >= 11 is 0. The molecule has 7 amide bonds. The highest BCUT2D eigenvalue weighted by Gasteiger charge is 2.33. The van der Waals surface area contributed by atoms with Crippen molar-refractivity contribution in [3.63, 3.8) is 0 Å². The Bertz CT molecular complexity index is 1340. The van der Waals surface area contributed by atoms with Crippen molar-refractivity contribution in [3.8, 4) is 0 Å². The van der Waals surface area contributed by atoms with Crippen LogP contribution in [0.25, 0.3) is 0 Å². The van der Waals surface area contributed by atoms with E-state index in [9.17, 15) is 38.4 Å². The molecule has 1 fully saturated rings. The second-order valence-corrected chi connectivity index (χ2v) is 16.1. The van der Waals surface area contributed by atoms with Gasteiger partial charge in [0.25, 0.3) is 0 Å². The molecule has 1 aliphatic rings. The highest BCUT2D eigenvalue weighted by Crippen LogP contribution is 2.10. The number of carbonyl (C=O) groups excluding carboxylic acids is 8. The van der Waals surface area contributed by atoms with Gasteiger partial charge in [0.05, 0.1) is 13.0 Å². The predicted molar refractivity (Wildman–Crippen MR) is 230 cm³/mol. The van der Waals surface area contributed by atoms with Crippen molar-refractivity contribution in [3.05, 3.63) is 0 Å². The molecular formula is C41H77N11O8. The van der Waals surface area contributed by atoms with Gasteiger partial charge in [0, 0.05) is 6.54 Å². The Labute approximate surface area is 357 Å². The van der Waals surface area contributed by atoms with Gasteiger partial charge in [0.2, 0.25) is 41.4 Å². The first kappa shape index (κ1) is 53.8. The molecule has 1 rings (SSSR count). The van der Waals surface area contributed by atoms with Crippen LogP contribution in [0.15, 0.2) is 0 Å². The molecule has 0 aromatic rings. The Hall–Kier alpha value is -4.20. The maximum Gasteiger partial charge on any atom is 0.243 e. The van der Waals surface area contributed by atoms with Gasteiger partial charge in [0.1, 0.15) is 36.3 Å². The lowest BCUT2D eigenvalue weighted by molar-refractivity contribution is -0.136. The summed E-state index contributed by atoms with van der Waals surface area (Å²) in [6, 6.07) is -6.35. The van der Waals surface area contributed by atoms with E-state index in [0.717, 1.165) is 6.42 Å². The maximum absolute atomic E-state index is 14.1. The molecule has 1 aliphatic heterocycles. The first-order chi connectivity index (χ1) is 28.6. The van der Waals surface area contributed by atoms with Crippen molar-refractivity contribution >= 4 is 47.1 Å². The third kappa shape index (κ3) is 23.6. The second kappa shape index (κ2) is 31.6. The number of carbonyl (C=O) groups is 8. The number of rotatable bonds is 26. The monoisotopic (exact) mass is 852 g/mol. The molecule has 0 unspecified atom stereocenters. The zero-order chi connectivity index (χ0) is 44.9. The van der Waals surface area contributed by atoms with Crippen molar-refractivity contribution in [2.45, 2.75) is 147 Å². The fourth-order valence-electron chi connectivity index (χ4n) is 6.37. The highest BCUT2D eigenvalue weighted by atomic mass is 16.2. The van der Waals surface area contributed by atoms with Gasteiger partial charge in [-0.3, -0.25) is 38.4 Å². The van der Waals surface area contributed by atoms with Crippen molar-refractivity contribution in [2.24, 2.45) is 5.92 Å². The van der Waals surface area contributed by atoms with Gasteiger partial charge in [-0.25, -0.2) is 0 Å². The fraction of sp³-hybridized carbons (Fsp3) is 0.805. The van der Waals surface area contributed by atoms with Gasteiger partial charge < -0.3 is 58.5 Å². The fourth-order valence-corrected chi connectivity index (χ4v) is 6.37. The normalized spacial score (nSPS) is 22.4. The average molecular weight is 852 g/mol.